The van der Waals surface area contributed by atoms with E-state index in [1.807, 2.05) is 30.8 Å². The minimum atomic E-state index is 0.426. The molecular weight excluding hydrogens is 264 g/mol. The second-order valence-electron chi connectivity index (χ2n) is 3.92. The van der Waals surface area contributed by atoms with E-state index in [0.717, 1.165) is 10.6 Å². The minimum absolute atomic E-state index is 0.426. The number of nitrogens with one attached hydrogen (secondary N) is 1. The van der Waals surface area contributed by atoms with Crippen LogP contribution in [0, 0.1) is 0 Å². The monoisotopic (exact) mass is 276 g/mol. The third-order valence-electron chi connectivity index (χ3n) is 2.44. The molecule has 7 nitrogen and oxygen atoms in total. The van der Waals surface area contributed by atoms with Gasteiger partial charge in [-0.25, -0.2) is 4.68 Å². The number of rotatable bonds is 5. The van der Waals surface area contributed by atoms with Crippen LogP contribution in [0.15, 0.2) is 28.1 Å². The van der Waals surface area contributed by atoms with Crippen molar-refractivity contribution in [2.45, 2.75) is 13.1 Å². The van der Waals surface area contributed by atoms with Crippen molar-refractivity contribution in [1.82, 2.24) is 30.5 Å². The zero-order valence-electron chi connectivity index (χ0n) is 10.3. The largest absolute Gasteiger partial charge is 0.418 e. The van der Waals surface area contributed by atoms with E-state index < -0.39 is 0 Å². The summed E-state index contributed by atoms with van der Waals surface area (Å²) < 4.78 is 7.26. The van der Waals surface area contributed by atoms with Gasteiger partial charge in [-0.3, -0.25) is 0 Å². The molecule has 0 aliphatic heterocycles. The average molecular weight is 276 g/mol. The maximum Gasteiger partial charge on any atom is 0.257 e. The van der Waals surface area contributed by atoms with Crippen molar-refractivity contribution in [3.05, 3.63) is 35.3 Å². The van der Waals surface area contributed by atoms with E-state index in [9.17, 15) is 0 Å². The van der Waals surface area contributed by atoms with Crippen LogP contribution in [0.3, 0.4) is 0 Å². The first kappa shape index (κ1) is 12.0. The van der Waals surface area contributed by atoms with E-state index in [4.69, 9.17) is 4.42 Å². The Morgan fingerprint density at radius 1 is 1.37 bits per heavy atom. The molecule has 3 rings (SSSR count). The molecule has 0 saturated heterocycles. The summed E-state index contributed by atoms with van der Waals surface area (Å²) in [4.78, 5) is 0.966. The highest BCUT2D eigenvalue weighted by atomic mass is 32.1. The summed E-state index contributed by atoms with van der Waals surface area (Å²) in [5.41, 5.74) is 0.875. The second-order valence-corrected chi connectivity index (χ2v) is 4.86. The van der Waals surface area contributed by atoms with Gasteiger partial charge < -0.3 is 9.73 Å². The normalized spacial score (nSPS) is 11.0. The van der Waals surface area contributed by atoms with E-state index in [-0.39, 0.29) is 0 Å². The molecule has 0 saturated carbocycles. The van der Waals surface area contributed by atoms with E-state index >= 15 is 0 Å². The Morgan fingerprint density at radius 3 is 3.11 bits per heavy atom. The van der Waals surface area contributed by atoms with Crippen molar-refractivity contribution in [3.63, 3.8) is 0 Å². The molecule has 98 valence electrons. The Kier molecular flexibility index (Phi) is 3.34. The Bertz CT molecular complexity index is 644. The Morgan fingerprint density at radius 2 is 2.32 bits per heavy atom. The van der Waals surface area contributed by atoms with E-state index in [1.165, 1.54) is 0 Å². The maximum absolute atomic E-state index is 5.59. The zero-order chi connectivity index (χ0) is 13.1. The quantitative estimate of drug-likeness (QED) is 0.753. The lowest BCUT2D eigenvalue weighted by Crippen LogP contribution is -2.05. The van der Waals surface area contributed by atoms with Gasteiger partial charge in [-0.1, -0.05) is 11.3 Å². The SMILES string of the molecule is CNCc1cn(Cc2nnc(-c3cccs3)o2)nn1. The molecule has 0 radical (unpaired) electrons. The van der Waals surface area contributed by atoms with Crippen molar-refractivity contribution in [3.8, 4) is 10.8 Å². The maximum atomic E-state index is 5.59. The Balaban J connectivity index is 1.72. The number of nitrogens with zero attached hydrogens (tertiary/aromatic N) is 5. The minimum Gasteiger partial charge on any atom is -0.418 e. The number of hydrogen-bond donors (Lipinski definition) is 1. The van der Waals surface area contributed by atoms with Crippen molar-refractivity contribution >= 4 is 11.3 Å². The second kappa shape index (κ2) is 5.29. The predicted octanol–water partition coefficient (Wildman–Crippen LogP) is 1.16. The van der Waals surface area contributed by atoms with Gasteiger partial charge in [0.15, 0.2) is 0 Å². The Hall–Kier alpha value is -2.06. The van der Waals surface area contributed by atoms with Crippen LogP contribution in [0.2, 0.25) is 0 Å². The lowest BCUT2D eigenvalue weighted by atomic mass is 10.5. The van der Waals surface area contributed by atoms with Crippen LogP contribution in [-0.2, 0) is 13.1 Å². The molecule has 0 atom stereocenters. The molecule has 3 aromatic heterocycles. The first-order valence-corrected chi connectivity index (χ1v) is 6.63. The number of thiophene rings is 1. The smallest absolute Gasteiger partial charge is 0.257 e. The van der Waals surface area contributed by atoms with Gasteiger partial charge in [0.2, 0.25) is 5.89 Å². The molecule has 0 aromatic carbocycles. The fourth-order valence-electron chi connectivity index (χ4n) is 1.63. The van der Waals surface area contributed by atoms with E-state index in [0.29, 0.717) is 24.9 Å². The van der Waals surface area contributed by atoms with E-state index in [1.54, 1.807) is 16.0 Å². The van der Waals surface area contributed by atoms with Crippen LogP contribution in [0.5, 0.6) is 0 Å². The molecule has 0 aliphatic rings. The topological polar surface area (TPSA) is 81.7 Å². The lowest BCUT2D eigenvalue weighted by molar-refractivity contribution is 0.470. The lowest BCUT2D eigenvalue weighted by Gasteiger charge is -1.93. The number of aromatic nitrogens is 5. The van der Waals surface area contributed by atoms with E-state index in [2.05, 4.69) is 25.8 Å². The molecule has 0 amide bonds. The van der Waals surface area contributed by atoms with Crippen molar-refractivity contribution < 1.29 is 4.42 Å². The summed E-state index contributed by atoms with van der Waals surface area (Å²) in [6, 6.07) is 3.90. The van der Waals surface area contributed by atoms with Crippen LogP contribution in [0.25, 0.3) is 10.8 Å². The first-order chi connectivity index (χ1) is 9.35. The summed E-state index contributed by atoms with van der Waals surface area (Å²) in [6.45, 7) is 1.11. The van der Waals surface area contributed by atoms with Gasteiger partial charge in [0, 0.05) is 6.54 Å². The molecule has 0 bridgehead atoms. The molecule has 0 spiro atoms. The number of hydrogen-bond acceptors (Lipinski definition) is 7. The molecule has 0 aliphatic carbocycles. The van der Waals surface area contributed by atoms with Gasteiger partial charge >= 0.3 is 0 Å². The highest BCUT2D eigenvalue weighted by Gasteiger charge is 2.10. The van der Waals surface area contributed by atoms with Crippen LogP contribution in [0.4, 0.5) is 0 Å². The fourth-order valence-corrected chi connectivity index (χ4v) is 2.28. The van der Waals surface area contributed by atoms with Crippen molar-refractivity contribution in [1.29, 1.82) is 0 Å². The molecular formula is C11H12N6OS. The molecule has 19 heavy (non-hydrogen) atoms. The van der Waals surface area contributed by atoms with Gasteiger partial charge in [0.05, 0.1) is 16.8 Å². The van der Waals surface area contributed by atoms with Gasteiger partial charge in [0.25, 0.3) is 5.89 Å². The molecule has 0 fully saturated rings. The van der Waals surface area contributed by atoms with Gasteiger partial charge in [-0.2, -0.15) is 0 Å². The Labute approximate surface area is 113 Å². The molecule has 1 N–H and O–H groups in total. The molecule has 8 heteroatoms. The first-order valence-electron chi connectivity index (χ1n) is 5.75. The third kappa shape index (κ3) is 2.69. The summed E-state index contributed by atoms with van der Waals surface area (Å²) >= 11 is 1.57. The molecule has 0 unspecified atom stereocenters. The van der Waals surface area contributed by atoms with Gasteiger partial charge in [-0.15, -0.1) is 26.6 Å². The summed E-state index contributed by atoms with van der Waals surface area (Å²) in [5, 5.41) is 21.0. The standard InChI is InChI=1S/C11H12N6OS/c1-12-5-8-6-17(16-13-8)7-10-14-15-11(18-10)9-3-2-4-19-9/h2-4,6,12H,5,7H2,1H3. The summed E-state index contributed by atoms with van der Waals surface area (Å²) in [7, 11) is 1.87. The molecule has 3 aromatic rings. The third-order valence-corrected chi connectivity index (χ3v) is 3.30. The van der Waals surface area contributed by atoms with Gasteiger partial charge in [0.1, 0.15) is 6.54 Å². The van der Waals surface area contributed by atoms with Crippen molar-refractivity contribution in [2.24, 2.45) is 0 Å². The van der Waals surface area contributed by atoms with Crippen molar-refractivity contribution in [2.75, 3.05) is 7.05 Å². The van der Waals surface area contributed by atoms with Crippen LogP contribution < -0.4 is 5.32 Å². The summed E-state index contributed by atoms with van der Waals surface area (Å²) in [6.07, 6.45) is 1.85. The predicted molar refractivity (Wildman–Crippen MR) is 69.5 cm³/mol. The molecule has 3 heterocycles. The van der Waals surface area contributed by atoms with Crippen LogP contribution in [-0.4, -0.2) is 32.2 Å². The highest BCUT2D eigenvalue weighted by Crippen LogP contribution is 2.22. The van der Waals surface area contributed by atoms with Crippen LogP contribution in [0.1, 0.15) is 11.6 Å². The fraction of sp³-hybridized carbons (Fsp3) is 0.273. The van der Waals surface area contributed by atoms with Crippen LogP contribution >= 0.6 is 11.3 Å². The highest BCUT2D eigenvalue weighted by molar-refractivity contribution is 7.13. The zero-order valence-corrected chi connectivity index (χ0v) is 11.1. The van der Waals surface area contributed by atoms with Gasteiger partial charge in [-0.05, 0) is 18.5 Å². The average Bonchev–Trinajstić information content (AvgIpc) is 3.10. The summed E-state index contributed by atoms with van der Waals surface area (Å²) in [5.74, 6) is 1.06.